The van der Waals surface area contributed by atoms with Gasteiger partial charge in [0.05, 0.1) is 9.82 Å². The number of halogens is 2. The number of benzene rings is 3. The van der Waals surface area contributed by atoms with E-state index in [2.05, 4.69) is 49.9 Å². The van der Waals surface area contributed by atoms with Gasteiger partial charge in [-0.05, 0) is 92.9 Å². The molecule has 1 aromatic heterocycles. The number of aryl methyl sites for hydroxylation is 1. The molecule has 0 aliphatic carbocycles. The van der Waals surface area contributed by atoms with Gasteiger partial charge in [-0.2, -0.15) is 8.42 Å². The Morgan fingerprint density at radius 1 is 1.02 bits per heavy atom. The molecule has 0 saturated heterocycles. The summed E-state index contributed by atoms with van der Waals surface area (Å²) in [6.45, 7) is 5.88. The highest BCUT2D eigenvalue weighted by Crippen LogP contribution is 2.58. The van der Waals surface area contributed by atoms with Crippen LogP contribution in [0.4, 0.5) is 11.4 Å². The molecule has 0 N–H and O–H groups in total. The molecule has 1 atom stereocenters. The Bertz CT molecular complexity index is 1900. The van der Waals surface area contributed by atoms with Crippen LogP contribution in [0.5, 0.6) is 5.75 Å². The van der Waals surface area contributed by atoms with E-state index in [-0.39, 0.29) is 16.1 Å². The predicted octanol–water partition coefficient (Wildman–Crippen LogP) is 8.50. The van der Waals surface area contributed by atoms with Crippen LogP contribution < -0.4 is 14.9 Å². The number of nitro groups is 1. The molecule has 3 aromatic carbocycles. The number of sulfonamides is 1. The Labute approximate surface area is 260 Å². The maximum atomic E-state index is 14.0. The zero-order chi connectivity index (χ0) is 30.4. The monoisotopic (exact) mass is 733 g/mol. The number of nitro benzene ring substituents is 1. The number of rotatable bonds is 7. The minimum absolute atomic E-state index is 0.206. The van der Waals surface area contributed by atoms with Crippen LogP contribution in [-0.2, 0) is 15.4 Å². The van der Waals surface area contributed by atoms with Gasteiger partial charge in [0.2, 0.25) is 7.28 Å². The molecule has 9 nitrogen and oxygen atoms in total. The molecule has 1 unspecified atom stereocenters. The quantitative estimate of drug-likeness (QED) is 0.106. The zero-order valence-corrected chi connectivity index (χ0v) is 27.9. The molecule has 13 heteroatoms. The summed E-state index contributed by atoms with van der Waals surface area (Å²) in [6.07, 6.45) is 0. The molecule has 218 valence electrons. The summed E-state index contributed by atoms with van der Waals surface area (Å²) in [5, 5.41) is 11.2. The third-order valence-corrected chi connectivity index (χ3v) is 13.5. The van der Waals surface area contributed by atoms with Gasteiger partial charge in [-0.15, -0.1) is 4.15 Å². The van der Waals surface area contributed by atoms with E-state index < -0.39 is 27.6 Å². The Kier molecular flexibility index (Phi) is 8.04. The lowest BCUT2D eigenvalue weighted by atomic mass is 9.84. The van der Waals surface area contributed by atoms with Crippen LogP contribution in [0.1, 0.15) is 25.2 Å². The van der Waals surface area contributed by atoms with Crippen molar-refractivity contribution in [2.24, 2.45) is 4.15 Å². The van der Waals surface area contributed by atoms with Crippen LogP contribution in [0.25, 0.3) is 0 Å². The fourth-order valence-electron chi connectivity index (χ4n) is 4.85. The maximum Gasteiger partial charge on any atom is 0.284 e. The lowest BCUT2D eigenvalue weighted by Crippen LogP contribution is -2.24. The molecular weight excluding hydrogens is 709 g/mol. The zero-order valence-electron chi connectivity index (χ0n) is 23.0. The lowest BCUT2D eigenvalue weighted by molar-refractivity contribution is -0.384. The van der Waals surface area contributed by atoms with Crippen LogP contribution in [-0.4, -0.2) is 20.4 Å². The van der Waals surface area contributed by atoms with Crippen LogP contribution in [0.15, 0.2) is 113 Å². The average Bonchev–Trinajstić information content (AvgIpc) is 3.46. The number of likely N-dealkylation sites (N-methyl/N-ethyl adjacent to an activating group) is 1. The van der Waals surface area contributed by atoms with Crippen molar-refractivity contribution in [3.63, 3.8) is 0 Å². The number of anilines is 1. The second-order valence-electron chi connectivity index (χ2n) is 10.2. The highest BCUT2D eigenvalue weighted by molar-refractivity contribution is 9.13. The molecular formula is C29H26Br2N3O6PS. The number of para-hydroxylation sites is 1. The van der Waals surface area contributed by atoms with Gasteiger partial charge in [-0.25, -0.2) is 0 Å². The summed E-state index contributed by atoms with van der Waals surface area (Å²) in [6, 6.07) is 21.2. The van der Waals surface area contributed by atoms with Gasteiger partial charge < -0.3 is 13.8 Å². The van der Waals surface area contributed by atoms with Crippen LogP contribution in [0.2, 0.25) is 0 Å². The first-order valence-electron chi connectivity index (χ1n) is 12.6. The highest BCUT2D eigenvalue weighted by Gasteiger charge is 2.42. The highest BCUT2D eigenvalue weighted by atomic mass is 79.9. The Balaban J connectivity index is 1.83. The Morgan fingerprint density at radius 3 is 2.31 bits per heavy atom. The number of furan rings is 1. The van der Waals surface area contributed by atoms with Crippen LogP contribution >= 0.6 is 39.1 Å². The molecule has 1 aliphatic heterocycles. The number of nitrogens with zero attached hydrogens (tertiary/aromatic N) is 3. The van der Waals surface area contributed by atoms with E-state index in [0.29, 0.717) is 16.0 Å². The van der Waals surface area contributed by atoms with E-state index in [9.17, 15) is 18.5 Å². The van der Waals surface area contributed by atoms with Crippen molar-refractivity contribution in [2.75, 3.05) is 11.9 Å². The molecule has 0 bridgehead atoms. The van der Waals surface area contributed by atoms with Gasteiger partial charge in [-0.1, -0.05) is 32.0 Å². The first-order valence-corrected chi connectivity index (χ1v) is 17.4. The fourth-order valence-corrected chi connectivity index (χ4v) is 10.3. The van der Waals surface area contributed by atoms with Crippen LogP contribution in [0, 0.1) is 17.0 Å². The molecule has 0 amide bonds. The number of allylic oxidation sites excluding steroid dienone is 1. The van der Waals surface area contributed by atoms with Gasteiger partial charge in [0.25, 0.3) is 15.7 Å². The summed E-state index contributed by atoms with van der Waals surface area (Å²) in [5.74, 6) is 2.70. The van der Waals surface area contributed by atoms with E-state index in [4.69, 9.17) is 8.94 Å². The molecule has 2 heterocycles. The van der Waals surface area contributed by atoms with E-state index in [0.717, 1.165) is 33.6 Å². The molecule has 0 fully saturated rings. The number of non-ortho nitro benzene ring substituents is 1. The number of fused-ring (bicyclic) bond motifs is 1. The minimum Gasteiger partial charge on any atom is -0.456 e. The van der Waals surface area contributed by atoms with Crippen molar-refractivity contribution in [1.82, 2.24) is 0 Å². The Morgan fingerprint density at radius 2 is 1.71 bits per heavy atom. The van der Waals surface area contributed by atoms with Gasteiger partial charge in [-0.3, -0.25) is 10.1 Å². The smallest absolute Gasteiger partial charge is 0.284 e. The summed E-state index contributed by atoms with van der Waals surface area (Å²) >= 11 is 6.97. The van der Waals surface area contributed by atoms with Crippen molar-refractivity contribution < 1.29 is 22.3 Å². The molecule has 0 saturated carbocycles. The molecule has 0 radical (unpaired) electrons. The second kappa shape index (κ2) is 11.1. The first-order chi connectivity index (χ1) is 19.7. The van der Waals surface area contributed by atoms with Crippen molar-refractivity contribution in [3.05, 3.63) is 121 Å². The second-order valence-corrected chi connectivity index (χ2v) is 16.1. The summed E-state index contributed by atoms with van der Waals surface area (Å²) in [7, 11) is -6.20. The van der Waals surface area contributed by atoms with Crippen molar-refractivity contribution in [1.29, 1.82) is 0 Å². The first kappa shape index (κ1) is 30.3. The third kappa shape index (κ3) is 5.60. The van der Waals surface area contributed by atoms with Crippen molar-refractivity contribution in [3.8, 4) is 5.75 Å². The average molecular weight is 735 g/mol. The van der Waals surface area contributed by atoms with E-state index in [1.54, 1.807) is 43.1 Å². The maximum absolute atomic E-state index is 14.0. The van der Waals surface area contributed by atoms with Crippen molar-refractivity contribution >= 4 is 66.0 Å². The molecule has 42 heavy (non-hydrogen) atoms. The predicted molar refractivity (Wildman–Crippen MR) is 171 cm³/mol. The number of hydrogen-bond donors (Lipinski definition) is 0. The fraction of sp³-hybridized carbons (Fsp3) is 0.172. The Hall–Kier alpha value is -3.18. The standard InChI is InChI=1S/C29H26Br2N3O6PS/c1-19-9-16-28(39-19)41(40-21-12-15-24(30)25(31)17-21,32-42(37,38)22-13-10-20(11-14-22)34(35)36)18-27-29(2,3)23-7-5-6-8-26(23)33(27)4/h5-18H,1-4H3/b27-18-. The summed E-state index contributed by atoms with van der Waals surface area (Å²) in [4.78, 5) is 12.4. The number of hydrogen-bond acceptors (Lipinski definition) is 7. The molecule has 4 aromatic rings. The largest absolute Gasteiger partial charge is 0.456 e. The molecule has 0 spiro atoms. The van der Waals surface area contributed by atoms with E-state index in [1.807, 2.05) is 36.2 Å². The molecule has 1 aliphatic rings. The van der Waals surface area contributed by atoms with Gasteiger partial charge in [0.15, 0.2) is 5.50 Å². The van der Waals surface area contributed by atoms with E-state index >= 15 is 0 Å². The SMILES string of the molecule is Cc1ccc(P(/C=C2\N(C)c3ccccc3C2(C)C)(=NS(=O)(=O)c2ccc([N+](=O)[O-])cc2)Oc2ccc(Br)c(Br)c2)o1. The van der Waals surface area contributed by atoms with E-state index in [1.165, 1.54) is 12.1 Å². The lowest BCUT2D eigenvalue weighted by Gasteiger charge is -2.28. The van der Waals surface area contributed by atoms with Gasteiger partial charge in [0.1, 0.15) is 11.5 Å². The summed E-state index contributed by atoms with van der Waals surface area (Å²) in [5.41, 5.74) is 2.31. The minimum atomic E-state index is -4.42. The third-order valence-electron chi connectivity index (χ3n) is 6.99. The normalized spacial score (nSPS) is 16.6. The van der Waals surface area contributed by atoms with Crippen LogP contribution in [0.3, 0.4) is 0 Å². The topological polar surface area (TPSA) is 115 Å². The van der Waals surface area contributed by atoms with Crippen molar-refractivity contribution in [2.45, 2.75) is 31.1 Å². The van der Waals surface area contributed by atoms with Gasteiger partial charge >= 0.3 is 0 Å². The van der Waals surface area contributed by atoms with Gasteiger partial charge in [0, 0.05) is 50.7 Å². The molecule has 5 rings (SSSR count). The summed E-state index contributed by atoms with van der Waals surface area (Å²) < 4.78 is 46.7.